The summed E-state index contributed by atoms with van der Waals surface area (Å²) in [5.41, 5.74) is 1.80. The Bertz CT molecular complexity index is 915. The molecule has 158 valence electrons. The van der Waals surface area contributed by atoms with E-state index in [9.17, 15) is 14.0 Å². The van der Waals surface area contributed by atoms with Gasteiger partial charge < -0.3 is 10.6 Å². The molecule has 0 unspecified atom stereocenters. The minimum Gasteiger partial charge on any atom is -0.351 e. The molecule has 0 aromatic heterocycles. The second-order valence-electron chi connectivity index (χ2n) is 8.65. The van der Waals surface area contributed by atoms with Crippen LogP contribution in [0.4, 0.5) is 10.1 Å². The van der Waals surface area contributed by atoms with Crippen molar-refractivity contribution in [2.24, 2.45) is 5.92 Å². The SMILES string of the molecule is O=C(Nc1cccc(CNC(=O)C2(c3cccc(F)c3)CCCC2)c1)C1CCCC1. The van der Waals surface area contributed by atoms with Crippen LogP contribution in [0.3, 0.4) is 0 Å². The molecule has 0 radical (unpaired) electrons. The second-order valence-corrected chi connectivity index (χ2v) is 8.65. The highest BCUT2D eigenvalue weighted by molar-refractivity contribution is 5.92. The third-order valence-corrected chi connectivity index (χ3v) is 6.64. The minimum atomic E-state index is -0.656. The van der Waals surface area contributed by atoms with Crippen LogP contribution in [0.1, 0.15) is 62.5 Å². The first-order valence-electron chi connectivity index (χ1n) is 11.0. The van der Waals surface area contributed by atoms with Gasteiger partial charge in [-0.15, -0.1) is 0 Å². The summed E-state index contributed by atoms with van der Waals surface area (Å²) in [6.07, 6.45) is 7.57. The van der Waals surface area contributed by atoms with Crippen LogP contribution in [0.2, 0.25) is 0 Å². The Morgan fingerprint density at radius 1 is 0.967 bits per heavy atom. The van der Waals surface area contributed by atoms with E-state index < -0.39 is 5.41 Å². The number of halogens is 1. The molecule has 2 fully saturated rings. The lowest BCUT2D eigenvalue weighted by molar-refractivity contribution is -0.126. The van der Waals surface area contributed by atoms with Crippen LogP contribution in [0.25, 0.3) is 0 Å². The number of hydrogen-bond acceptors (Lipinski definition) is 2. The summed E-state index contributed by atoms with van der Waals surface area (Å²) in [7, 11) is 0. The largest absolute Gasteiger partial charge is 0.351 e. The van der Waals surface area contributed by atoms with Crippen LogP contribution in [0, 0.1) is 11.7 Å². The molecule has 0 aliphatic heterocycles. The molecule has 0 heterocycles. The molecule has 4 rings (SSSR count). The molecule has 2 aliphatic rings. The summed E-state index contributed by atoms with van der Waals surface area (Å²) in [5.74, 6) is -0.158. The number of rotatable bonds is 6. The van der Waals surface area contributed by atoms with Gasteiger partial charge in [0.15, 0.2) is 0 Å². The van der Waals surface area contributed by atoms with Crippen molar-refractivity contribution in [1.82, 2.24) is 5.32 Å². The van der Waals surface area contributed by atoms with Gasteiger partial charge in [-0.25, -0.2) is 4.39 Å². The number of anilines is 1. The fraction of sp³-hybridized carbons (Fsp3) is 0.440. The van der Waals surface area contributed by atoms with Gasteiger partial charge in [-0.1, -0.05) is 49.9 Å². The Labute approximate surface area is 177 Å². The number of hydrogen-bond donors (Lipinski definition) is 2. The Hall–Kier alpha value is -2.69. The van der Waals surface area contributed by atoms with Gasteiger partial charge >= 0.3 is 0 Å². The summed E-state index contributed by atoms with van der Waals surface area (Å²) in [5, 5.41) is 6.07. The second kappa shape index (κ2) is 8.99. The van der Waals surface area contributed by atoms with Crippen LogP contribution < -0.4 is 10.6 Å². The molecule has 0 bridgehead atoms. The number of carbonyl (C=O) groups excluding carboxylic acids is 2. The van der Waals surface area contributed by atoms with E-state index in [1.54, 1.807) is 6.07 Å². The smallest absolute Gasteiger partial charge is 0.230 e. The van der Waals surface area contributed by atoms with Crippen LogP contribution in [-0.2, 0) is 21.5 Å². The zero-order valence-electron chi connectivity index (χ0n) is 17.3. The predicted molar refractivity (Wildman–Crippen MR) is 115 cm³/mol. The van der Waals surface area contributed by atoms with Crippen molar-refractivity contribution in [1.29, 1.82) is 0 Å². The molecule has 2 aromatic rings. The van der Waals surface area contributed by atoms with Crippen LogP contribution >= 0.6 is 0 Å². The van der Waals surface area contributed by atoms with Crippen molar-refractivity contribution in [3.8, 4) is 0 Å². The lowest BCUT2D eigenvalue weighted by atomic mass is 9.78. The third kappa shape index (κ3) is 4.40. The van der Waals surface area contributed by atoms with Crippen molar-refractivity contribution in [2.75, 3.05) is 5.32 Å². The van der Waals surface area contributed by atoms with Crippen molar-refractivity contribution >= 4 is 17.5 Å². The van der Waals surface area contributed by atoms with Gasteiger partial charge in [-0.3, -0.25) is 9.59 Å². The summed E-state index contributed by atoms with van der Waals surface area (Å²) in [4.78, 5) is 25.6. The molecule has 0 spiro atoms. The summed E-state index contributed by atoms with van der Waals surface area (Å²) in [6, 6.07) is 14.1. The van der Waals surface area contributed by atoms with Crippen molar-refractivity contribution in [3.05, 3.63) is 65.5 Å². The summed E-state index contributed by atoms with van der Waals surface area (Å²) < 4.78 is 13.8. The van der Waals surface area contributed by atoms with E-state index in [1.807, 2.05) is 30.3 Å². The molecule has 2 aromatic carbocycles. The van der Waals surface area contributed by atoms with Gasteiger partial charge in [0.1, 0.15) is 5.82 Å². The van der Waals surface area contributed by atoms with E-state index in [2.05, 4.69) is 10.6 Å². The molecule has 0 saturated heterocycles. The first-order valence-corrected chi connectivity index (χ1v) is 11.0. The van der Waals surface area contributed by atoms with Crippen molar-refractivity contribution in [2.45, 2.75) is 63.3 Å². The minimum absolute atomic E-state index is 0.0500. The van der Waals surface area contributed by atoms with Gasteiger partial charge in [0.25, 0.3) is 0 Å². The standard InChI is InChI=1S/C25H29FN2O2/c26-21-11-6-10-20(16-21)25(13-3-4-14-25)24(30)27-17-18-7-5-12-22(15-18)28-23(29)19-8-1-2-9-19/h5-7,10-12,15-16,19H,1-4,8-9,13-14,17H2,(H,27,30)(H,28,29). The van der Waals surface area contributed by atoms with Gasteiger partial charge in [0.2, 0.25) is 11.8 Å². The molecule has 5 heteroatoms. The van der Waals surface area contributed by atoms with Gasteiger partial charge in [0, 0.05) is 18.2 Å². The Morgan fingerprint density at radius 3 is 2.43 bits per heavy atom. The average molecular weight is 409 g/mol. The number of amides is 2. The highest BCUT2D eigenvalue weighted by atomic mass is 19.1. The number of carbonyl (C=O) groups is 2. The highest BCUT2D eigenvalue weighted by Crippen LogP contribution is 2.41. The zero-order chi connectivity index (χ0) is 21.0. The average Bonchev–Trinajstić information content (AvgIpc) is 3.45. The first-order chi connectivity index (χ1) is 14.6. The van der Waals surface area contributed by atoms with Gasteiger partial charge in [-0.05, 0) is 61.1 Å². The van der Waals surface area contributed by atoms with Crippen molar-refractivity contribution < 1.29 is 14.0 Å². The van der Waals surface area contributed by atoms with Crippen LogP contribution in [-0.4, -0.2) is 11.8 Å². The molecule has 4 nitrogen and oxygen atoms in total. The monoisotopic (exact) mass is 408 g/mol. The van der Waals surface area contributed by atoms with E-state index in [0.29, 0.717) is 6.54 Å². The maximum atomic E-state index is 13.8. The maximum Gasteiger partial charge on any atom is 0.230 e. The fourth-order valence-electron chi connectivity index (χ4n) is 4.95. The van der Waals surface area contributed by atoms with E-state index >= 15 is 0 Å². The van der Waals surface area contributed by atoms with E-state index in [0.717, 1.165) is 68.2 Å². The first kappa shape index (κ1) is 20.6. The Kier molecular flexibility index (Phi) is 6.16. The molecule has 2 aliphatic carbocycles. The molecular formula is C25H29FN2O2. The topological polar surface area (TPSA) is 58.2 Å². The molecule has 2 saturated carbocycles. The molecule has 2 N–H and O–H groups in total. The van der Waals surface area contributed by atoms with Crippen molar-refractivity contribution in [3.63, 3.8) is 0 Å². The Morgan fingerprint density at radius 2 is 1.70 bits per heavy atom. The zero-order valence-corrected chi connectivity index (χ0v) is 17.3. The lowest BCUT2D eigenvalue weighted by Crippen LogP contribution is -2.42. The van der Waals surface area contributed by atoms with E-state index in [1.165, 1.54) is 12.1 Å². The summed E-state index contributed by atoms with van der Waals surface area (Å²) in [6.45, 7) is 0.378. The maximum absolute atomic E-state index is 13.8. The van der Waals surface area contributed by atoms with E-state index in [-0.39, 0.29) is 23.5 Å². The number of nitrogens with one attached hydrogen (secondary N) is 2. The molecule has 30 heavy (non-hydrogen) atoms. The third-order valence-electron chi connectivity index (χ3n) is 6.64. The Balaban J connectivity index is 1.42. The molecule has 0 atom stereocenters. The number of benzene rings is 2. The van der Waals surface area contributed by atoms with Gasteiger partial charge in [0.05, 0.1) is 5.41 Å². The van der Waals surface area contributed by atoms with Gasteiger partial charge in [-0.2, -0.15) is 0 Å². The van der Waals surface area contributed by atoms with E-state index in [4.69, 9.17) is 0 Å². The molecular weight excluding hydrogens is 379 g/mol. The van der Waals surface area contributed by atoms with Crippen LogP contribution in [0.15, 0.2) is 48.5 Å². The van der Waals surface area contributed by atoms with Crippen LogP contribution in [0.5, 0.6) is 0 Å². The predicted octanol–water partition coefficient (Wildman–Crippen LogP) is 5.08. The lowest BCUT2D eigenvalue weighted by Gasteiger charge is -2.28. The summed E-state index contributed by atoms with van der Waals surface area (Å²) >= 11 is 0. The fourth-order valence-corrected chi connectivity index (χ4v) is 4.95. The quantitative estimate of drug-likeness (QED) is 0.700. The highest BCUT2D eigenvalue weighted by Gasteiger charge is 2.42. The normalized spacial score (nSPS) is 18.3. The molecule has 2 amide bonds.